The normalized spacial score (nSPS) is 16.1. The molecular weight excluding hydrogens is 433 g/mol. The number of fused-ring (bicyclic) bond motifs is 1. The summed E-state index contributed by atoms with van der Waals surface area (Å²) in [5.41, 5.74) is 3.46. The molecule has 176 valence electrons. The van der Waals surface area contributed by atoms with Gasteiger partial charge in [0.1, 0.15) is 11.5 Å². The van der Waals surface area contributed by atoms with Gasteiger partial charge >= 0.3 is 0 Å². The van der Waals surface area contributed by atoms with Gasteiger partial charge in [-0.3, -0.25) is 4.79 Å². The molecule has 9 heteroatoms. The van der Waals surface area contributed by atoms with Crippen LogP contribution >= 0.6 is 0 Å². The van der Waals surface area contributed by atoms with E-state index in [2.05, 4.69) is 30.5 Å². The molecule has 34 heavy (non-hydrogen) atoms. The van der Waals surface area contributed by atoms with Crippen LogP contribution in [0.4, 0.5) is 21.8 Å². The first-order valence-corrected chi connectivity index (χ1v) is 11.6. The van der Waals surface area contributed by atoms with Crippen molar-refractivity contribution in [1.29, 1.82) is 0 Å². The quantitative estimate of drug-likeness (QED) is 0.603. The molecule has 4 heterocycles. The Morgan fingerprint density at radius 2 is 1.88 bits per heavy atom. The van der Waals surface area contributed by atoms with Crippen LogP contribution in [0.1, 0.15) is 29.8 Å². The minimum atomic E-state index is -0.515. The summed E-state index contributed by atoms with van der Waals surface area (Å²) in [7, 11) is 0. The Labute approximate surface area is 198 Å². The van der Waals surface area contributed by atoms with Crippen molar-refractivity contribution in [3.8, 4) is 11.3 Å². The van der Waals surface area contributed by atoms with Crippen LogP contribution in [-0.2, 0) is 6.42 Å². The number of pyridine rings is 1. The zero-order chi connectivity index (χ0) is 23.7. The van der Waals surface area contributed by atoms with Crippen molar-refractivity contribution >= 4 is 23.4 Å². The van der Waals surface area contributed by atoms with Crippen molar-refractivity contribution in [2.24, 2.45) is 0 Å². The number of piperazine rings is 1. The van der Waals surface area contributed by atoms with E-state index < -0.39 is 5.82 Å². The van der Waals surface area contributed by atoms with E-state index >= 15 is 0 Å². The molecule has 0 bridgehead atoms. The van der Waals surface area contributed by atoms with Gasteiger partial charge in [-0.1, -0.05) is 6.07 Å². The molecule has 3 aromatic rings. The highest BCUT2D eigenvalue weighted by Gasteiger charge is 2.26. The third-order valence-corrected chi connectivity index (χ3v) is 6.33. The number of carbonyl (C=O) groups is 1. The number of carbonyl (C=O) groups excluding carboxylic acids is 1. The second-order valence-corrected chi connectivity index (χ2v) is 8.87. The molecule has 5 rings (SSSR count). The van der Waals surface area contributed by atoms with Crippen LogP contribution in [0.3, 0.4) is 0 Å². The minimum absolute atomic E-state index is 0.0173. The molecule has 0 saturated carbocycles. The number of aromatic nitrogens is 3. The molecule has 2 N–H and O–H groups in total. The third kappa shape index (κ3) is 4.43. The number of hydrogen-bond donors (Lipinski definition) is 2. The summed E-state index contributed by atoms with van der Waals surface area (Å²) in [4.78, 5) is 29.9. The monoisotopic (exact) mass is 461 g/mol. The van der Waals surface area contributed by atoms with E-state index in [1.807, 2.05) is 43.1 Å². The van der Waals surface area contributed by atoms with Gasteiger partial charge in [-0.05, 0) is 50.1 Å². The van der Waals surface area contributed by atoms with Crippen LogP contribution in [0.15, 0.2) is 42.7 Å². The number of rotatable bonds is 5. The summed E-state index contributed by atoms with van der Waals surface area (Å²) in [6.45, 7) is 8.48. The number of nitrogens with one attached hydrogen (secondary N) is 2. The summed E-state index contributed by atoms with van der Waals surface area (Å²) in [6, 6.07) is 9.40. The van der Waals surface area contributed by atoms with E-state index in [0.29, 0.717) is 23.5 Å². The van der Waals surface area contributed by atoms with Gasteiger partial charge in [0.15, 0.2) is 5.82 Å². The fraction of sp³-hybridized carbons (Fsp3) is 0.360. The second kappa shape index (κ2) is 9.34. The smallest absolute Gasteiger partial charge is 0.254 e. The molecule has 0 unspecified atom stereocenters. The largest absolute Gasteiger partial charge is 0.368 e. The molecule has 0 radical (unpaired) electrons. The lowest BCUT2D eigenvalue weighted by molar-refractivity contribution is 0.0688. The van der Waals surface area contributed by atoms with Gasteiger partial charge in [0.25, 0.3) is 5.91 Å². The van der Waals surface area contributed by atoms with Crippen molar-refractivity contribution in [3.05, 3.63) is 59.7 Å². The van der Waals surface area contributed by atoms with Gasteiger partial charge in [0.2, 0.25) is 5.95 Å². The lowest BCUT2D eigenvalue weighted by atomic mass is 9.95. The van der Waals surface area contributed by atoms with Crippen LogP contribution in [-0.4, -0.2) is 64.5 Å². The Morgan fingerprint density at radius 1 is 1.06 bits per heavy atom. The predicted octanol–water partition coefficient (Wildman–Crippen LogP) is 3.24. The van der Waals surface area contributed by atoms with Crippen molar-refractivity contribution in [3.63, 3.8) is 0 Å². The Morgan fingerprint density at radius 3 is 2.62 bits per heavy atom. The van der Waals surface area contributed by atoms with Crippen LogP contribution < -0.4 is 15.5 Å². The van der Waals surface area contributed by atoms with E-state index in [-0.39, 0.29) is 23.6 Å². The Hall–Kier alpha value is -3.59. The van der Waals surface area contributed by atoms with Gasteiger partial charge in [-0.15, -0.1) is 0 Å². The van der Waals surface area contributed by atoms with E-state index in [9.17, 15) is 9.18 Å². The number of halogens is 1. The number of hydrogen-bond acceptors (Lipinski definition) is 7. The molecular formula is C25H28FN7O. The summed E-state index contributed by atoms with van der Waals surface area (Å²) >= 11 is 0. The van der Waals surface area contributed by atoms with Gasteiger partial charge in [0.05, 0.1) is 18.1 Å². The average molecular weight is 462 g/mol. The van der Waals surface area contributed by atoms with E-state index in [0.717, 1.165) is 50.0 Å². The number of nitrogens with zero attached hydrogens (tertiary/aromatic N) is 5. The second-order valence-electron chi connectivity index (χ2n) is 8.87. The first-order valence-electron chi connectivity index (χ1n) is 11.6. The minimum Gasteiger partial charge on any atom is -0.368 e. The molecule has 2 aliphatic heterocycles. The van der Waals surface area contributed by atoms with E-state index in [1.165, 1.54) is 0 Å². The van der Waals surface area contributed by atoms with Gasteiger partial charge < -0.3 is 20.4 Å². The van der Waals surface area contributed by atoms with Crippen molar-refractivity contribution in [2.45, 2.75) is 26.3 Å². The maximum Gasteiger partial charge on any atom is 0.254 e. The van der Waals surface area contributed by atoms with Crippen LogP contribution in [0, 0.1) is 5.82 Å². The third-order valence-electron chi connectivity index (χ3n) is 6.33. The molecule has 1 amide bonds. The molecule has 0 atom stereocenters. The Balaban J connectivity index is 1.36. The predicted molar refractivity (Wildman–Crippen MR) is 130 cm³/mol. The summed E-state index contributed by atoms with van der Waals surface area (Å²) in [5.74, 6) is 0.349. The summed E-state index contributed by atoms with van der Waals surface area (Å²) in [5, 5.41) is 6.40. The summed E-state index contributed by atoms with van der Waals surface area (Å²) < 4.78 is 14.7. The van der Waals surface area contributed by atoms with Crippen molar-refractivity contribution in [1.82, 2.24) is 25.2 Å². The molecule has 0 spiro atoms. The Bertz CT molecular complexity index is 1190. The average Bonchev–Trinajstić information content (AvgIpc) is 2.86. The molecule has 8 nitrogen and oxygen atoms in total. The highest BCUT2D eigenvalue weighted by molar-refractivity contribution is 5.97. The molecule has 0 aliphatic carbocycles. The number of benzene rings is 1. The van der Waals surface area contributed by atoms with Crippen molar-refractivity contribution < 1.29 is 9.18 Å². The van der Waals surface area contributed by atoms with E-state index in [4.69, 9.17) is 0 Å². The van der Waals surface area contributed by atoms with Gasteiger partial charge in [-0.2, -0.15) is 0 Å². The number of amides is 1. The zero-order valence-corrected chi connectivity index (χ0v) is 19.4. The summed E-state index contributed by atoms with van der Waals surface area (Å²) in [6.07, 6.45) is 3.71. The van der Waals surface area contributed by atoms with Crippen molar-refractivity contribution in [2.75, 3.05) is 42.9 Å². The SMILES string of the molecule is CC(C)N1CCc2cc(-c3nc(Nc4ccc(N5CCNCC5)cn4)ncc3F)ccc2C1=O. The zero-order valence-electron chi connectivity index (χ0n) is 19.4. The Kier molecular flexibility index (Phi) is 6.10. The number of anilines is 3. The van der Waals surface area contributed by atoms with Crippen LogP contribution in [0.2, 0.25) is 0 Å². The standard InChI is InChI=1S/C25H28FN7O/c1-16(2)33-10-7-17-13-18(3-5-20(17)24(33)34)23-21(26)15-29-25(31-23)30-22-6-4-19(14-28-22)32-11-8-27-9-12-32/h3-6,13-16,27H,7-12H2,1-2H3,(H,28,29,30,31). The van der Waals surface area contributed by atoms with Crippen LogP contribution in [0.25, 0.3) is 11.3 Å². The van der Waals surface area contributed by atoms with Gasteiger partial charge in [-0.25, -0.2) is 19.3 Å². The molecule has 1 saturated heterocycles. The highest BCUT2D eigenvalue weighted by Crippen LogP contribution is 2.28. The molecule has 2 aliphatic rings. The lowest BCUT2D eigenvalue weighted by Gasteiger charge is -2.32. The van der Waals surface area contributed by atoms with Crippen LogP contribution in [0.5, 0.6) is 0 Å². The first kappa shape index (κ1) is 22.2. The molecule has 1 aromatic carbocycles. The maximum atomic E-state index is 14.7. The fourth-order valence-electron chi connectivity index (χ4n) is 4.46. The molecule has 1 fully saturated rings. The fourth-order valence-corrected chi connectivity index (χ4v) is 4.46. The topological polar surface area (TPSA) is 86.3 Å². The highest BCUT2D eigenvalue weighted by atomic mass is 19.1. The maximum absolute atomic E-state index is 14.7. The van der Waals surface area contributed by atoms with Gasteiger partial charge in [0, 0.05) is 49.9 Å². The first-order chi connectivity index (χ1) is 16.5. The lowest BCUT2D eigenvalue weighted by Crippen LogP contribution is -2.43. The molecule has 2 aromatic heterocycles. The van der Waals surface area contributed by atoms with E-state index in [1.54, 1.807) is 12.1 Å².